The molecule has 2 aromatic rings. The van der Waals surface area contributed by atoms with Crippen LogP contribution in [0.4, 0.5) is 5.69 Å². The summed E-state index contributed by atoms with van der Waals surface area (Å²) in [4.78, 5) is 0. The SMILES string of the molecule is CN(N=Cc1ccc(Cl)cc1)c1ccccc1. The van der Waals surface area contributed by atoms with E-state index in [1.54, 1.807) is 0 Å². The molecule has 0 atom stereocenters. The van der Waals surface area contributed by atoms with E-state index in [-0.39, 0.29) is 0 Å². The van der Waals surface area contributed by atoms with Crippen LogP contribution in [0.2, 0.25) is 5.02 Å². The van der Waals surface area contributed by atoms with Crippen molar-refractivity contribution in [3.05, 3.63) is 65.2 Å². The van der Waals surface area contributed by atoms with Gasteiger partial charge in [0.25, 0.3) is 0 Å². The van der Waals surface area contributed by atoms with Crippen LogP contribution in [0, 0.1) is 0 Å². The second-order valence-electron chi connectivity index (χ2n) is 3.66. The number of nitrogens with zero attached hydrogens (tertiary/aromatic N) is 2. The molecule has 0 amide bonds. The molecule has 0 saturated carbocycles. The zero-order valence-electron chi connectivity index (χ0n) is 9.55. The quantitative estimate of drug-likeness (QED) is 0.592. The lowest BCUT2D eigenvalue weighted by Crippen LogP contribution is -2.08. The van der Waals surface area contributed by atoms with Crippen LogP contribution in [-0.2, 0) is 0 Å². The number of halogens is 1. The highest BCUT2D eigenvalue weighted by atomic mass is 35.5. The van der Waals surface area contributed by atoms with Gasteiger partial charge in [0, 0.05) is 12.1 Å². The molecule has 17 heavy (non-hydrogen) atoms. The molecule has 0 bridgehead atoms. The fourth-order valence-corrected chi connectivity index (χ4v) is 1.54. The summed E-state index contributed by atoms with van der Waals surface area (Å²) in [6, 6.07) is 17.6. The Kier molecular flexibility index (Phi) is 3.78. The van der Waals surface area contributed by atoms with Gasteiger partial charge in [0.2, 0.25) is 0 Å². The predicted octanol–water partition coefficient (Wildman–Crippen LogP) is 3.81. The molecular formula is C14H13ClN2. The number of rotatable bonds is 3. The summed E-state index contributed by atoms with van der Waals surface area (Å²) in [6.07, 6.45) is 1.81. The average molecular weight is 245 g/mol. The normalized spacial score (nSPS) is 10.7. The van der Waals surface area contributed by atoms with Crippen molar-refractivity contribution in [3.8, 4) is 0 Å². The number of benzene rings is 2. The molecule has 2 rings (SSSR count). The van der Waals surface area contributed by atoms with Gasteiger partial charge in [-0.2, -0.15) is 5.10 Å². The summed E-state index contributed by atoms with van der Waals surface area (Å²) < 4.78 is 0. The van der Waals surface area contributed by atoms with Crippen molar-refractivity contribution in [2.75, 3.05) is 12.1 Å². The number of hydrogen-bond acceptors (Lipinski definition) is 2. The van der Waals surface area contributed by atoms with Gasteiger partial charge in [-0.25, -0.2) is 0 Å². The molecule has 0 fully saturated rings. The Morgan fingerprint density at radius 1 is 1.00 bits per heavy atom. The third-order valence-electron chi connectivity index (χ3n) is 2.38. The second kappa shape index (κ2) is 5.51. The number of hydrazone groups is 1. The van der Waals surface area contributed by atoms with Crippen LogP contribution in [0.25, 0.3) is 0 Å². The fraction of sp³-hybridized carbons (Fsp3) is 0.0714. The molecule has 2 aromatic carbocycles. The van der Waals surface area contributed by atoms with Gasteiger partial charge in [-0.05, 0) is 29.8 Å². The Morgan fingerprint density at radius 2 is 1.65 bits per heavy atom. The molecule has 0 saturated heterocycles. The van der Waals surface area contributed by atoms with E-state index in [1.807, 2.05) is 72.9 Å². The molecule has 0 radical (unpaired) electrons. The van der Waals surface area contributed by atoms with Gasteiger partial charge in [0.1, 0.15) is 0 Å². The molecule has 0 aliphatic heterocycles. The lowest BCUT2D eigenvalue weighted by Gasteiger charge is -2.11. The molecule has 0 N–H and O–H groups in total. The van der Waals surface area contributed by atoms with E-state index in [0.717, 1.165) is 16.3 Å². The van der Waals surface area contributed by atoms with E-state index < -0.39 is 0 Å². The van der Waals surface area contributed by atoms with Gasteiger partial charge in [-0.3, -0.25) is 5.01 Å². The van der Waals surface area contributed by atoms with Crippen LogP contribution in [-0.4, -0.2) is 13.3 Å². The third kappa shape index (κ3) is 3.33. The van der Waals surface area contributed by atoms with Crippen LogP contribution >= 0.6 is 11.6 Å². The van der Waals surface area contributed by atoms with E-state index in [9.17, 15) is 0 Å². The minimum Gasteiger partial charge on any atom is -0.269 e. The van der Waals surface area contributed by atoms with E-state index in [0.29, 0.717) is 0 Å². The van der Waals surface area contributed by atoms with E-state index >= 15 is 0 Å². The Morgan fingerprint density at radius 3 is 2.29 bits per heavy atom. The first-order valence-corrected chi connectivity index (χ1v) is 5.72. The van der Waals surface area contributed by atoms with Gasteiger partial charge in [0.05, 0.1) is 11.9 Å². The lowest BCUT2D eigenvalue weighted by molar-refractivity contribution is 1.02. The summed E-state index contributed by atoms with van der Waals surface area (Å²) in [7, 11) is 1.92. The predicted molar refractivity (Wildman–Crippen MR) is 73.9 cm³/mol. The summed E-state index contributed by atoms with van der Waals surface area (Å²) in [5, 5.41) is 6.92. The number of para-hydroxylation sites is 1. The van der Waals surface area contributed by atoms with Crippen molar-refractivity contribution in [2.24, 2.45) is 5.10 Å². The van der Waals surface area contributed by atoms with E-state index in [4.69, 9.17) is 11.6 Å². The first kappa shape index (κ1) is 11.7. The first-order valence-electron chi connectivity index (χ1n) is 5.34. The minimum atomic E-state index is 0.735. The Labute approximate surface area is 106 Å². The monoisotopic (exact) mass is 244 g/mol. The third-order valence-corrected chi connectivity index (χ3v) is 2.63. The number of hydrogen-bond donors (Lipinski definition) is 0. The van der Waals surface area contributed by atoms with Crippen LogP contribution in [0.5, 0.6) is 0 Å². The Hall–Kier alpha value is -1.80. The van der Waals surface area contributed by atoms with Gasteiger partial charge in [0.15, 0.2) is 0 Å². The van der Waals surface area contributed by atoms with Gasteiger partial charge in [-0.1, -0.05) is 41.9 Å². The lowest BCUT2D eigenvalue weighted by atomic mass is 10.2. The van der Waals surface area contributed by atoms with Crippen molar-refractivity contribution < 1.29 is 0 Å². The summed E-state index contributed by atoms with van der Waals surface area (Å²) in [5.41, 5.74) is 2.08. The zero-order chi connectivity index (χ0) is 12.1. The molecule has 0 aromatic heterocycles. The Bertz CT molecular complexity index is 491. The minimum absolute atomic E-state index is 0.735. The summed E-state index contributed by atoms with van der Waals surface area (Å²) >= 11 is 5.82. The summed E-state index contributed by atoms with van der Waals surface area (Å²) in [5.74, 6) is 0. The fourth-order valence-electron chi connectivity index (χ4n) is 1.41. The molecule has 0 spiro atoms. The molecule has 0 unspecified atom stereocenters. The van der Waals surface area contributed by atoms with Gasteiger partial charge < -0.3 is 0 Å². The van der Waals surface area contributed by atoms with Crippen molar-refractivity contribution >= 4 is 23.5 Å². The van der Waals surface area contributed by atoms with Crippen molar-refractivity contribution in [1.29, 1.82) is 0 Å². The van der Waals surface area contributed by atoms with Crippen molar-refractivity contribution in [1.82, 2.24) is 0 Å². The molecule has 2 nitrogen and oxygen atoms in total. The highest BCUT2D eigenvalue weighted by Crippen LogP contribution is 2.12. The number of anilines is 1. The summed E-state index contributed by atoms with van der Waals surface area (Å²) in [6.45, 7) is 0. The molecule has 3 heteroatoms. The Balaban J connectivity index is 2.08. The second-order valence-corrected chi connectivity index (χ2v) is 4.09. The van der Waals surface area contributed by atoms with Crippen molar-refractivity contribution in [3.63, 3.8) is 0 Å². The van der Waals surface area contributed by atoms with Crippen LogP contribution in [0.3, 0.4) is 0 Å². The van der Waals surface area contributed by atoms with Crippen LogP contribution < -0.4 is 5.01 Å². The van der Waals surface area contributed by atoms with Gasteiger partial charge in [-0.15, -0.1) is 0 Å². The zero-order valence-corrected chi connectivity index (χ0v) is 10.3. The molecular weight excluding hydrogens is 232 g/mol. The maximum absolute atomic E-state index is 5.82. The maximum Gasteiger partial charge on any atom is 0.0590 e. The standard InChI is InChI=1S/C14H13ClN2/c1-17(14-5-3-2-4-6-14)16-11-12-7-9-13(15)10-8-12/h2-11H,1H3. The topological polar surface area (TPSA) is 15.6 Å². The molecule has 86 valence electrons. The van der Waals surface area contributed by atoms with Crippen molar-refractivity contribution in [2.45, 2.75) is 0 Å². The highest BCUT2D eigenvalue weighted by molar-refractivity contribution is 6.30. The smallest absolute Gasteiger partial charge is 0.0590 e. The van der Waals surface area contributed by atoms with E-state index in [2.05, 4.69) is 5.10 Å². The van der Waals surface area contributed by atoms with Crippen LogP contribution in [0.1, 0.15) is 5.56 Å². The van der Waals surface area contributed by atoms with Crippen LogP contribution in [0.15, 0.2) is 59.7 Å². The molecule has 0 aliphatic carbocycles. The largest absolute Gasteiger partial charge is 0.269 e. The average Bonchev–Trinajstić information content (AvgIpc) is 2.39. The molecule has 0 aliphatic rings. The van der Waals surface area contributed by atoms with Gasteiger partial charge >= 0.3 is 0 Å². The molecule has 0 heterocycles. The first-order chi connectivity index (χ1) is 8.25. The highest BCUT2D eigenvalue weighted by Gasteiger charge is 1.95. The van der Waals surface area contributed by atoms with E-state index in [1.165, 1.54) is 0 Å². The maximum atomic E-state index is 5.82.